The lowest BCUT2D eigenvalue weighted by Gasteiger charge is -2.19. The SMILES string of the molecule is Cn1ccnc1[C@H](NC(=O)Cn1nnn(-c2cccs2)c1=O)c1ccc(Cl)cc1. The maximum atomic E-state index is 12.7. The van der Waals surface area contributed by atoms with Crippen molar-refractivity contribution in [2.75, 3.05) is 0 Å². The summed E-state index contributed by atoms with van der Waals surface area (Å²) in [5.74, 6) is 0.253. The highest BCUT2D eigenvalue weighted by atomic mass is 35.5. The average molecular weight is 430 g/mol. The number of hydrogen-bond acceptors (Lipinski definition) is 6. The van der Waals surface area contributed by atoms with Gasteiger partial charge in [0.05, 0.1) is 0 Å². The zero-order valence-corrected chi connectivity index (χ0v) is 16.8. The van der Waals surface area contributed by atoms with Crippen molar-refractivity contribution in [2.45, 2.75) is 12.6 Å². The highest BCUT2D eigenvalue weighted by Crippen LogP contribution is 2.22. The number of carbonyl (C=O) groups excluding carboxylic acids is 1. The van der Waals surface area contributed by atoms with Crippen LogP contribution in [0.2, 0.25) is 5.02 Å². The molecule has 3 heterocycles. The molecule has 148 valence electrons. The lowest BCUT2D eigenvalue weighted by Crippen LogP contribution is -2.36. The molecule has 1 amide bonds. The molecule has 0 unspecified atom stereocenters. The first-order valence-electron chi connectivity index (χ1n) is 8.61. The Hall–Kier alpha value is -3.24. The number of imidazole rings is 1. The van der Waals surface area contributed by atoms with Gasteiger partial charge in [-0.15, -0.1) is 11.3 Å². The smallest absolute Gasteiger partial charge is 0.340 e. The molecule has 0 aliphatic carbocycles. The zero-order valence-electron chi connectivity index (χ0n) is 15.3. The number of thiophene rings is 1. The van der Waals surface area contributed by atoms with Crippen LogP contribution in [0.5, 0.6) is 0 Å². The largest absolute Gasteiger partial charge is 0.369 e. The highest BCUT2D eigenvalue weighted by Gasteiger charge is 2.22. The molecule has 11 heteroatoms. The molecule has 0 aliphatic rings. The van der Waals surface area contributed by atoms with Gasteiger partial charge in [-0.1, -0.05) is 23.7 Å². The normalized spacial score (nSPS) is 12.1. The third-order valence-corrected chi connectivity index (χ3v) is 5.37. The Morgan fingerprint density at radius 1 is 1.24 bits per heavy atom. The Balaban J connectivity index is 1.57. The number of halogens is 1. The van der Waals surface area contributed by atoms with Gasteiger partial charge in [0.15, 0.2) is 0 Å². The van der Waals surface area contributed by atoms with E-state index in [0.717, 1.165) is 14.9 Å². The van der Waals surface area contributed by atoms with Crippen LogP contribution in [0.3, 0.4) is 0 Å². The molecule has 4 rings (SSSR count). The van der Waals surface area contributed by atoms with Gasteiger partial charge < -0.3 is 9.88 Å². The topological polar surface area (TPSA) is 99.6 Å². The summed E-state index contributed by atoms with van der Waals surface area (Å²) in [6.07, 6.45) is 3.45. The Bertz CT molecular complexity index is 1180. The summed E-state index contributed by atoms with van der Waals surface area (Å²) in [6, 6.07) is 10.2. The monoisotopic (exact) mass is 429 g/mol. The van der Waals surface area contributed by atoms with E-state index in [2.05, 4.69) is 20.7 Å². The fourth-order valence-electron chi connectivity index (χ4n) is 2.85. The van der Waals surface area contributed by atoms with E-state index in [1.54, 1.807) is 30.6 Å². The number of nitrogens with one attached hydrogen (secondary N) is 1. The first-order chi connectivity index (χ1) is 14.0. The van der Waals surface area contributed by atoms with E-state index in [9.17, 15) is 9.59 Å². The van der Waals surface area contributed by atoms with Crippen molar-refractivity contribution < 1.29 is 4.79 Å². The summed E-state index contributed by atoms with van der Waals surface area (Å²) >= 11 is 7.34. The summed E-state index contributed by atoms with van der Waals surface area (Å²) < 4.78 is 4.00. The van der Waals surface area contributed by atoms with Crippen LogP contribution >= 0.6 is 22.9 Å². The van der Waals surface area contributed by atoms with Crippen LogP contribution in [-0.2, 0) is 18.4 Å². The molecule has 1 N–H and O–H groups in total. The fourth-order valence-corrected chi connectivity index (χ4v) is 3.65. The van der Waals surface area contributed by atoms with Gasteiger partial charge in [0.1, 0.15) is 23.4 Å². The van der Waals surface area contributed by atoms with Crippen LogP contribution in [0.25, 0.3) is 5.00 Å². The van der Waals surface area contributed by atoms with Gasteiger partial charge in [-0.25, -0.2) is 9.78 Å². The maximum Gasteiger partial charge on any atom is 0.369 e. The van der Waals surface area contributed by atoms with Gasteiger partial charge in [0.2, 0.25) is 5.91 Å². The van der Waals surface area contributed by atoms with Crippen LogP contribution in [0.15, 0.2) is 59.0 Å². The molecule has 0 radical (unpaired) electrons. The van der Waals surface area contributed by atoms with Crippen molar-refractivity contribution in [1.82, 2.24) is 34.7 Å². The van der Waals surface area contributed by atoms with Crippen molar-refractivity contribution in [3.05, 3.63) is 81.1 Å². The van der Waals surface area contributed by atoms with E-state index in [1.165, 1.54) is 11.3 Å². The number of hydrogen-bond donors (Lipinski definition) is 1. The lowest BCUT2D eigenvalue weighted by molar-refractivity contribution is -0.122. The lowest BCUT2D eigenvalue weighted by atomic mass is 10.1. The van der Waals surface area contributed by atoms with Crippen molar-refractivity contribution in [3.8, 4) is 5.00 Å². The minimum atomic E-state index is -0.511. The van der Waals surface area contributed by atoms with Crippen molar-refractivity contribution in [3.63, 3.8) is 0 Å². The predicted molar refractivity (Wildman–Crippen MR) is 108 cm³/mol. The Morgan fingerprint density at radius 2 is 2.03 bits per heavy atom. The molecule has 4 aromatic rings. The molecule has 0 saturated heterocycles. The Labute approximate surface area is 174 Å². The van der Waals surface area contributed by atoms with Crippen molar-refractivity contribution >= 4 is 28.8 Å². The first-order valence-corrected chi connectivity index (χ1v) is 9.87. The summed E-state index contributed by atoms with van der Waals surface area (Å²) in [6.45, 7) is -0.265. The average Bonchev–Trinajstić information content (AvgIpc) is 3.44. The summed E-state index contributed by atoms with van der Waals surface area (Å²) in [4.78, 5) is 29.5. The molecular formula is C18H16ClN7O2S. The molecule has 0 saturated carbocycles. The third-order valence-electron chi connectivity index (χ3n) is 4.27. The van der Waals surface area contributed by atoms with Crippen LogP contribution in [0, 0.1) is 0 Å². The van der Waals surface area contributed by atoms with Crippen LogP contribution in [-0.4, -0.2) is 35.2 Å². The minimum absolute atomic E-state index is 0.265. The van der Waals surface area contributed by atoms with Crippen LogP contribution in [0.1, 0.15) is 17.4 Å². The van der Waals surface area contributed by atoms with E-state index in [4.69, 9.17) is 11.6 Å². The molecule has 0 fully saturated rings. The summed E-state index contributed by atoms with van der Waals surface area (Å²) in [7, 11) is 1.84. The number of carbonyl (C=O) groups is 1. The maximum absolute atomic E-state index is 12.7. The van der Waals surface area contributed by atoms with Crippen LogP contribution in [0.4, 0.5) is 0 Å². The van der Waals surface area contributed by atoms with Gasteiger partial charge in [-0.2, -0.15) is 9.36 Å². The minimum Gasteiger partial charge on any atom is -0.340 e. The highest BCUT2D eigenvalue weighted by molar-refractivity contribution is 7.12. The number of nitrogens with zero attached hydrogens (tertiary/aromatic N) is 6. The number of tetrazole rings is 1. The van der Waals surface area contributed by atoms with E-state index >= 15 is 0 Å². The second kappa shape index (κ2) is 8.02. The zero-order chi connectivity index (χ0) is 20.4. The molecule has 0 spiro atoms. The van der Waals surface area contributed by atoms with E-state index in [-0.39, 0.29) is 6.54 Å². The Morgan fingerprint density at radius 3 is 2.69 bits per heavy atom. The van der Waals surface area contributed by atoms with Gasteiger partial charge in [-0.3, -0.25) is 4.79 Å². The first kappa shape index (κ1) is 19.1. The van der Waals surface area contributed by atoms with E-state index in [1.807, 2.05) is 35.2 Å². The molecule has 1 aromatic carbocycles. The predicted octanol–water partition coefficient (Wildman–Crippen LogP) is 1.78. The molecule has 1 atom stereocenters. The third kappa shape index (κ3) is 3.98. The van der Waals surface area contributed by atoms with E-state index < -0.39 is 17.6 Å². The number of aryl methyl sites for hydroxylation is 1. The number of benzene rings is 1. The van der Waals surface area contributed by atoms with Crippen molar-refractivity contribution in [1.29, 1.82) is 0 Å². The molecule has 0 bridgehead atoms. The molecule has 3 aromatic heterocycles. The standard InChI is InChI=1S/C18H16ClN7O2S/c1-24-9-8-20-17(24)16(12-4-6-13(19)7-5-12)21-14(27)11-25-18(28)26(23-22-25)15-3-2-10-29-15/h2-10,16H,11H2,1H3,(H,21,27)/t16-/m1/s1. The van der Waals surface area contributed by atoms with Crippen molar-refractivity contribution in [2.24, 2.45) is 7.05 Å². The quantitative estimate of drug-likeness (QED) is 0.503. The molecule has 29 heavy (non-hydrogen) atoms. The number of rotatable bonds is 6. The fraction of sp³-hybridized carbons (Fsp3) is 0.167. The van der Waals surface area contributed by atoms with Gasteiger partial charge in [-0.05, 0) is 45.6 Å². The second-order valence-corrected chi connectivity index (χ2v) is 7.59. The summed E-state index contributed by atoms with van der Waals surface area (Å²) in [5, 5.41) is 13.6. The number of amides is 1. The van der Waals surface area contributed by atoms with Gasteiger partial charge in [0, 0.05) is 24.5 Å². The molecular weight excluding hydrogens is 414 g/mol. The molecule has 9 nitrogen and oxygen atoms in total. The Kier molecular flexibility index (Phi) is 5.28. The number of aromatic nitrogens is 6. The molecule has 0 aliphatic heterocycles. The second-order valence-electron chi connectivity index (χ2n) is 6.23. The van der Waals surface area contributed by atoms with Gasteiger partial charge >= 0.3 is 5.69 Å². The van der Waals surface area contributed by atoms with Crippen LogP contribution < -0.4 is 11.0 Å². The summed E-state index contributed by atoms with van der Waals surface area (Å²) in [5.41, 5.74) is 0.328. The van der Waals surface area contributed by atoms with E-state index in [0.29, 0.717) is 15.8 Å². The van der Waals surface area contributed by atoms with Gasteiger partial charge in [0.25, 0.3) is 0 Å².